The van der Waals surface area contributed by atoms with E-state index in [0.29, 0.717) is 75.3 Å². The van der Waals surface area contributed by atoms with E-state index >= 15 is 0 Å². The highest BCUT2D eigenvalue weighted by Gasteiger charge is 2.75. The van der Waals surface area contributed by atoms with Gasteiger partial charge in [0, 0.05) is 31.3 Å². The number of nitrogens with one attached hydrogen (secondary N) is 1. The summed E-state index contributed by atoms with van der Waals surface area (Å²) in [5.74, 6) is 1.35. The molecule has 4 aliphatic carbocycles. The number of phenols is 1. The number of phenolic OH excluding ortho intramolecular Hbond substituents is 1. The number of rotatable bonds is 17. The summed E-state index contributed by atoms with van der Waals surface area (Å²) in [6.07, 6.45) is 6.76. The summed E-state index contributed by atoms with van der Waals surface area (Å²) in [4.78, 5) is 43.1. The van der Waals surface area contributed by atoms with Crippen molar-refractivity contribution in [3.05, 3.63) is 94.1 Å². The van der Waals surface area contributed by atoms with Crippen LogP contribution in [0, 0.1) is 23.2 Å². The molecule has 2 aromatic carbocycles. The molecule has 5 N–H and O–H groups in total. The molecule has 0 radical (unpaired) electrons. The number of aryl methyl sites for hydroxylation is 1. The molecule has 7 aliphatic rings. The first kappa shape index (κ1) is 43.6. The lowest BCUT2D eigenvalue weighted by Crippen LogP contribution is -2.55. The van der Waals surface area contributed by atoms with E-state index in [1.807, 2.05) is 36.2 Å². The number of nitrogens with zero attached hydrogens (tertiary/aromatic N) is 5. The Morgan fingerprint density at radius 3 is 2.60 bits per heavy atom. The molecule has 17 heteroatoms. The lowest BCUT2D eigenvalue weighted by molar-refractivity contribution is -0.144. The first-order valence-electron chi connectivity index (χ1n) is 23.0. The first-order chi connectivity index (χ1) is 31.4. The van der Waals surface area contributed by atoms with Gasteiger partial charge in [-0.15, -0.1) is 5.10 Å². The van der Waals surface area contributed by atoms with Crippen molar-refractivity contribution >= 4 is 17.7 Å². The van der Waals surface area contributed by atoms with Crippen LogP contribution in [0.3, 0.4) is 0 Å². The predicted molar refractivity (Wildman–Crippen MR) is 233 cm³/mol. The smallest absolute Gasteiger partial charge is 0.404 e. The number of hydrogen-bond donors (Lipinski definition) is 4. The van der Waals surface area contributed by atoms with Gasteiger partial charge >= 0.3 is 6.09 Å². The van der Waals surface area contributed by atoms with Crippen molar-refractivity contribution in [1.29, 1.82) is 0 Å². The van der Waals surface area contributed by atoms with Crippen LogP contribution in [0.15, 0.2) is 71.7 Å². The summed E-state index contributed by atoms with van der Waals surface area (Å²) >= 11 is 0. The normalized spacial score (nSPS) is 32.8. The monoisotopic (exact) mass is 893 g/mol. The van der Waals surface area contributed by atoms with Crippen molar-refractivity contribution in [2.45, 2.75) is 87.9 Å². The third-order valence-electron chi connectivity index (χ3n) is 15.9. The summed E-state index contributed by atoms with van der Waals surface area (Å²) in [5.41, 5.74) is 9.30. The molecule has 1 amide bonds. The van der Waals surface area contributed by atoms with E-state index in [-0.39, 0.29) is 71.2 Å². The standard InChI is InChI=1S/C48H59N7O10/c1-47-22-34(41-32-11-7-30(56)20-28(32)6-10-33(41)35(47)12-13-40(47)58)27-4-8-31(9-5-27)64-19-18-63-17-16-62-15-14-54-24-29(51-52-54)23-50-37-21-39(57)43-42(44(37)59)36(26-65-46(49)60)48(61-3)45-38(53(45)2)25-55(43)48/h4-5,7-9,11,20-21,24,33-36,38,40-41,45,50,56,58H,6,10,12-19,22-23,25-26H2,1-3H3,(H2,49,60)/t33-,34+,35-,36+,38-,40-,41+,45-,47-,48+,53?/m0/s1. The fourth-order valence-corrected chi connectivity index (χ4v) is 12.9. The molecule has 2 saturated carbocycles. The Labute approximate surface area is 377 Å². The Kier molecular flexibility index (Phi) is 11.5. The number of aliphatic hydroxyl groups excluding tert-OH is 1. The van der Waals surface area contributed by atoms with Gasteiger partial charge in [-0.25, -0.2) is 9.48 Å². The SMILES string of the molecule is CO[C@@]12[C@H](COC(N)=O)C3=C(C(=O)C=C(NCc4cn(CCOCCOCCOc5ccc([C@H]6C[C@]7(C)[C@@H](O)CC[C@H]7[C@@H]7CCc8cc(O)ccc8[C@H]76)cc5)nn4)C3=O)N1C[C@H]1[C@@H]2N1C. The maximum absolute atomic E-state index is 14.0. The largest absolute Gasteiger partial charge is 0.508 e. The fourth-order valence-electron chi connectivity index (χ4n) is 12.9. The Bertz CT molecular complexity index is 2400. The van der Waals surface area contributed by atoms with Gasteiger partial charge in [-0.3, -0.25) is 14.5 Å². The van der Waals surface area contributed by atoms with Gasteiger partial charge in [0.25, 0.3) is 0 Å². The summed E-state index contributed by atoms with van der Waals surface area (Å²) in [5, 5.41) is 32.9. The number of aromatic hydroxyl groups is 1. The second kappa shape index (κ2) is 17.1. The van der Waals surface area contributed by atoms with E-state index in [1.165, 1.54) is 22.8 Å². The van der Waals surface area contributed by atoms with Gasteiger partial charge in [0.15, 0.2) is 5.72 Å². The fraction of sp³-hybridized carbons (Fsp3) is 0.562. The molecule has 17 nitrogen and oxygen atoms in total. The number of fused-ring (bicyclic) bond motifs is 9. The van der Waals surface area contributed by atoms with E-state index in [2.05, 4.69) is 45.7 Å². The second-order valence-corrected chi connectivity index (χ2v) is 19.0. The van der Waals surface area contributed by atoms with Crippen LogP contribution < -0.4 is 15.8 Å². The molecule has 4 heterocycles. The Morgan fingerprint density at radius 2 is 1.82 bits per heavy atom. The zero-order valence-electron chi connectivity index (χ0n) is 37.2. The summed E-state index contributed by atoms with van der Waals surface area (Å²) in [6, 6.07) is 14.4. The molecule has 1 unspecified atom stereocenters. The van der Waals surface area contributed by atoms with Gasteiger partial charge in [-0.1, -0.05) is 30.3 Å². The van der Waals surface area contributed by atoms with Crippen molar-refractivity contribution in [1.82, 2.24) is 30.1 Å². The molecular weight excluding hydrogens is 835 g/mol. The summed E-state index contributed by atoms with van der Waals surface area (Å²) < 4.78 is 30.5. The van der Waals surface area contributed by atoms with Gasteiger partial charge < -0.3 is 49.8 Å². The van der Waals surface area contributed by atoms with E-state index in [4.69, 9.17) is 29.4 Å². The number of allylic oxidation sites excluding steroid dienone is 2. The molecule has 3 aliphatic heterocycles. The number of ketones is 2. The van der Waals surface area contributed by atoms with Crippen LogP contribution in [0.2, 0.25) is 0 Å². The quantitative estimate of drug-likeness (QED) is 0.0871. The number of Topliss-reactive ketones (excluding diaryl/α,β-unsaturated/α-hetero) is 1. The molecular formula is C48H59N7O10. The minimum absolute atomic E-state index is 0.0730. The molecule has 0 spiro atoms. The number of amides is 1. The number of benzene rings is 2. The van der Waals surface area contributed by atoms with Crippen LogP contribution in [0.1, 0.15) is 66.8 Å². The zero-order valence-corrected chi connectivity index (χ0v) is 37.2. The van der Waals surface area contributed by atoms with E-state index in [1.54, 1.807) is 18.0 Å². The van der Waals surface area contributed by atoms with Crippen LogP contribution in [0.5, 0.6) is 11.5 Å². The van der Waals surface area contributed by atoms with Crippen molar-refractivity contribution < 1.29 is 48.3 Å². The molecule has 1 aromatic heterocycles. The van der Waals surface area contributed by atoms with Gasteiger partial charge in [0.05, 0.1) is 75.2 Å². The average molecular weight is 894 g/mol. The van der Waals surface area contributed by atoms with E-state index < -0.39 is 17.7 Å². The summed E-state index contributed by atoms with van der Waals surface area (Å²) in [6.45, 7) is 5.22. The Balaban J connectivity index is 0.652. The number of carbonyl (C=O) groups is 3. The number of aromatic nitrogens is 3. The number of nitrogens with two attached hydrogens (primary N) is 1. The van der Waals surface area contributed by atoms with Crippen molar-refractivity contribution in [2.24, 2.45) is 28.9 Å². The van der Waals surface area contributed by atoms with E-state index in [9.17, 15) is 24.6 Å². The van der Waals surface area contributed by atoms with Crippen LogP contribution in [-0.2, 0) is 48.0 Å². The number of aliphatic hydroxyl groups is 1. The highest BCUT2D eigenvalue weighted by atomic mass is 16.6. The number of ether oxygens (including phenoxy) is 5. The number of primary amides is 1. The third kappa shape index (κ3) is 7.48. The van der Waals surface area contributed by atoms with Gasteiger partial charge in [-0.05, 0) is 109 Å². The molecule has 11 atom stereocenters. The number of carbonyl (C=O) groups excluding carboxylic acids is 3. The maximum Gasteiger partial charge on any atom is 0.404 e. The molecule has 2 saturated heterocycles. The van der Waals surface area contributed by atoms with Crippen LogP contribution >= 0.6 is 0 Å². The van der Waals surface area contributed by atoms with Gasteiger partial charge in [0.1, 0.15) is 30.4 Å². The van der Waals surface area contributed by atoms with Crippen molar-refractivity contribution in [2.75, 3.05) is 60.3 Å². The molecule has 65 heavy (non-hydrogen) atoms. The minimum Gasteiger partial charge on any atom is -0.508 e. The Morgan fingerprint density at radius 1 is 1.03 bits per heavy atom. The van der Waals surface area contributed by atoms with Crippen molar-refractivity contribution in [3.8, 4) is 11.5 Å². The molecule has 4 fully saturated rings. The maximum atomic E-state index is 14.0. The van der Waals surface area contributed by atoms with E-state index in [0.717, 1.165) is 37.9 Å². The summed E-state index contributed by atoms with van der Waals surface area (Å²) in [7, 11) is 3.51. The number of hydrogen-bond acceptors (Lipinski definition) is 15. The number of piperazine rings is 1. The van der Waals surface area contributed by atoms with Crippen LogP contribution in [0.25, 0.3) is 0 Å². The lowest BCUT2D eigenvalue weighted by atomic mass is 9.51. The topological polar surface area (TPSA) is 213 Å². The molecule has 0 bridgehead atoms. The predicted octanol–water partition coefficient (Wildman–Crippen LogP) is 3.15. The highest BCUT2D eigenvalue weighted by molar-refractivity contribution is 6.23. The Hall–Kier alpha value is -5.33. The molecule has 10 rings (SSSR count). The van der Waals surface area contributed by atoms with Crippen molar-refractivity contribution in [3.63, 3.8) is 0 Å². The third-order valence-corrected chi connectivity index (χ3v) is 15.9. The number of methoxy groups -OCH3 is 1. The number of likely N-dealkylation sites (N-methyl/N-ethyl adjacent to an activating group) is 1. The first-order valence-corrected chi connectivity index (χ1v) is 23.0. The molecule has 3 aromatic rings. The second-order valence-electron chi connectivity index (χ2n) is 19.0. The van der Waals surface area contributed by atoms with Crippen LogP contribution in [0.4, 0.5) is 4.79 Å². The van der Waals surface area contributed by atoms with Crippen LogP contribution in [-0.4, -0.2) is 137 Å². The molecule has 346 valence electrons. The minimum atomic E-state index is -1.03. The average Bonchev–Trinajstić information content (AvgIpc) is 3.70. The lowest BCUT2D eigenvalue weighted by Gasteiger charge is -2.54. The van der Waals surface area contributed by atoms with Gasteiger partial charge in [0.2, 0.25) is 11.6 Å². The van der Waals surface area contributed by atoms with Gasteiger partial charge in [-0.2, -0.15) is 0 Å². The highest BCUT2D eigenvalue weighted by Crippen LogP contribution is 2.65. The zero-order chi connectivity index (χ0) is 45.2.